The molecule has 0 radical (unpaired) electrons. The minimum Gasteiger partial charge on any atom is -0.491 e. The normalized spacial score (nSPS) is 20.7. The van der Waals surface area contributed by atoms with Gasteiger partial charge in [0.05, 0.1) is 24.1 Å². The summed E-state index contributed by atoms with van der Waals surface area (Å²) in [5.41, 5.74) is 1.68. The van der Waals surface area contributed by atoms with E-state index >= 15 is 0 Å². The molecule has 5 rings (SSSR count). The van der Waals surface area contributed by atoms with Crippen molar-refractivity contribution in [3.05, 3.63) is 59.8 Å². The molecular formula is C23H21ClN4O4. The fraction of sp³-hybridized carbons (Fsp3) is 0.304. The molecule has 0 amide bonds. The van der Waals surface area contributed by atoms with E-state index in [0.29, 0.717) is 28.9 Å². The van der Waals surface area contributed by atoms with Crippen molar-refractivity contribution >= 4 is 39.5 Å². The molecule has 4 aromatic rings. The zero-order chi connectivity index (χ0) is 22.2. The number of hydrogen-bond donors (Lipinski definition) is 0. The summed E-state index contributed by atoms with van der Waals surface area (Å²) in [6.45, 7) is 2.54. The van der Waals surface area contributed by atoms with Crippen molar-refractivity contribution in [3.63, 3.8) is 0 Å². The Labute approximate surface area is 189 Å². The van der Waals surface area contributed by atoms with Crippen LogP contribution in [0.1, 0.15) is 30.1 Å². The summed E-state index contributed by atoms with van der Waals surface area (Å²) in [5.74, 6) is 0.484. The highest BCUT2D eigenvalue weighted by Gasteiger charge is 2.34. The van der Waals surface area contributed by atoms with Crippen molar-refractivity contribution in [3.8, 4) is 5.75 Å². The highest BCUT2D eigenvalue weighted by molar-refractivity contribution is 6.33. The quantitative estimate of drug-likeness (QED) is 0.327. The SMILES string of the molecule is COC(=O)c1ccc2ccc(OCC3OC(n4ccc5c(Cl)ncnc54)CC3C)cc2n1. The smallest absolute Gasteiger partial charge is 0.356 e. The molecule has 0 saturated carbocycles. The van der Waals surface area contributed by atoms with E-state index in [4.69, 9.17) is 25.8 Å². The van der Waals surface area contributed by atoms with Gasteiger partial charge in [-0.05, 0) is 36.6 Å². The van der Waals surface area contributed by atoms with Crippen LogP contribution in [0, 0.1) is 5.92 Å². The highest BCUT2D eigenvalue weighted by atomic mass is 35.5. The standard InChI is InChI=1S/C23H21ClN4O4/c1-13-9-20(28-8-7-16-21(24)25-12-26-22(16)28)32-19(13)11-31-15-5-3-14-4-6-17(23(29)30-2)27-18(14)10-15/h3-8,10,12-13,19-20H,9,11H2,1-2H3. The average molecular weight is 453 g/mol. The Hall–Kier alpha value is -3.23. The van der Waals surface area contributed by atoms with E-state index in [2.05, 4.69) is 21.9 Å². The summed E-state index contributed by atoms with van der Waals surface area (Å²) in [5, 5.41) is 2.15. The van der Waals surface area contributed by atoms with Gasteiger partial charge < -0.3 is 18.8 Å². The summed E-state index contributed by atoms with van der Waals surface area (Å²) >= 11 is 6.17. The van der Waals surface area contributed by atoms with Crippen molar-refractivity contribution in [1.29, 1.82) is 0 Å². The van der Waals surface area contributed by atoms with Crippen LogP contribution in [0.5, 0.6) is 5.75 Å². The molecule has 3 atom stereocenters. The molecule has 1 saturated heterocycles. The van der Waals surface area contributed by atoms with Gasteiger partial charge >= 0.3 is 5.97 Å². The van der Waals surface area contributed by atoms with Crippen LogP contribution in [0.15, 0.2) is 48.9 Å². The number of methoxy groups -OCH3 is 1. The fourth-order valence-corrected chi connectivity index (χ4v) is 4.19. The molecule has 1 aliphatic rings. The van der Waals surface area contributed by atoms with E-state index in [0.717, 1.165) is 22.8 Å². The molecule has 0 spiro atoms. The lowest BCUT2D eigenvalue weighted by Crippen LogP contribution is -2.23. The topological polar surface area (TPSA) is 88.4 Å². The Kier molecular flexibility index (Phi) is 5.40. The molecular weight excluding hydrogens is 432 g/mol. The van der Waals surface area contributed by atoms with Crippen LogP contribution < -0.4 is 4.74 Å². The monoisotopic (exact) mass is 452 g/mol. The third kappa shape index (κ3) is 3.76. The number of ether oxygens (including phenoxy) is 3. The number of benzene rings is 1. The number of halogens is 1. The maximum absolute atomic E-state index is 11.8. The number of hydrogen-bond acceptors (Lipinski definition) is 7. The lowest BCUT2D eigenvalue weighted by Gasteiger charge is -2.17. The number of rotatable bonds is 5. The maximum atomic E-state index is 11.8. The predicted octanol–water partition coefficient (Wildman–Crippen LogP) is 4.42. The minimum absolute atomic E-state index is 0.0835. The van der Waals surface area contributed by atoms with Crippen molar-refractivity contribution in [2.24, 2.45) is 5.92 Å². The fourth-order valence-electron chi connectivity index (χ4n) is 4.00. The zero-order valence-electron chi connectivity index (χ0n) is 17.6. The molecule has 4 heterocycles. The van der Waals surface area contributed by atoms with Crippen LogP contribution in [0.4, 0.5) is 0 Å². The van der Waals surface area contributed by atoms with Crippen LogP contribution in [-0.4, -0.2) is 45.3 Å². The third-order valence-corrected chi connectivity index (χ3v) is 6.08. The molecule has 1 fully saturated rings. The summed E-state index contributed by atoms with van der Waals surface area (Å²) in [6, 6.07) is 11.0. The van der Waals surface area contributed by atoms with Gasteiger partial charge in [0.15, 0.2) is 0 Å². The summed E-state index contributed by atoms with van der Waals surface area (Å²) in [7, 11) is 1.34. The van der Waals surface area contributed by atoms with Crippen LogP contribution in [0.2, 0.25) is 5.15 Å². The molecule has 1 aromatic carbocycles. The van der Waals surface area contributed by atoms with Gasteiger partial charge in [0.1, 0.15) is 41.4 Å². The highest BCUT2D eigenvalue weighted by Crippen LogP contribution is 2.36. The number of aromatic nitrogens is 4. The van der Waals surface area contributed by atoms with E-state index in [1.54, 1.807) is 6.07 Å². The Morgan fingerprint density at radius 1 is 1.25 bits per heavy atom. The third-order valence-electron chi connectivity index (χ3n) is 5.78. The number of fused-ring (bicyclic) bond motifs is 2. The van der Waals surface area contributed by atoms with Gasteiger partial charge in [0, 0.05) is 17.6 Å². The second kappa shape index (κ2) is 8.37. The molecule has 0 bridgehead atoms. The van der Waals surface area contributed by atoms with Gasteiger partial charge in [0.2, 0.25) is 0 Å². The molecule has 0 aliphatic carbocycles. The summed E-state index contributed by atoms with van der Waals surface area (Å²) in [6.07, 6.45) is 3.99. The lowest BCUT2D eigenvalue weighted by atomic mass is 10.0. The molecule has 3 aromatic heterocycles. The van der Waals surface area contributed by atoms with Gasteiger partial charge in [-0.25, -0.2) is 19.7 Å². The Balaban J connectivity index is 1.30. The minimum atomic E-state index is -0.471. The first-order valence-corrected chi connectivity index (χ1v) is 10.7. The van der Waals surface area contributed by atoms with Gasteiger partial charge in [-0.15, -0.1) is 0 Å². The van der Waals surface area contributed by atoms with Crippen molar-refractivity contribution in [2.45, 2.75) is 25.7 Å². The number of esters is 1. The molecule has 8 nitrogen and oxygen atoms in total. The lowest BCUT2D eigenvalue weighted by molar-refractivity contribution is -0.0224. The zero-order valence-corrected chi connectivity index (χ0v) is 18.3. The molecule has 164 valence electrons. The number of nitrogens with zero attached hydrogens (tertiary/aromatic N) is 4. The summed E-state index contributed by atoms with van der Waals surface area (Å²) < 4.78 is 19.1. The first-order chi connectivity index (χ1) is 15.5. The summed E-state index contributed by atoms with van der Waals surface area (Å²) in [4.78, 5) is 24.5. The van der Waals surface area contributed by atoms with Gasteiger partial charge in [0.25, 0.3) is 0 Å². The van der Waals surface area contributed by atoms with E-state index in [1.807, 2.05) is 41.1 Å². The van der Waals surface area contributed by atoms with Crippen LogP contribution >= 0.6 is 11.6 Å². The van der Waals surface area contributed by atoms with Crippen LogP contribution in [0.25, 0.3) is 21.9 Å². The predicted molar refractivity (Wildman–Crippen MR) is 119 cm³/mol. The van der Waals surface area contributed by atoms with Crippen LogP contribution in [0.3, 0.4) is 0 Å². The van der Waals surface area contributed by atoms with Crippen LogP contribution in [-0.2, 0) is 9.47 Å². The van der Waals surface area contributed by atoms with Crippen molar-refractivity contribution in [1.82, 2.24) is 19.5 Å². The molecule has 1 aliphatic heterocycles. The molecule has 9 heteroatoms. The van der Waals surface area contributed by atoms with E-state index < -0.39 is 5.97 Å². The van der Waals surface area contributed by atoms with Gasteiger partial charge in [-0.3, -0.25) is 0 Å². The second-order valence-corrected chi connectivity index (χ2v) is 8.18. The van der Waals surface area contributed by atoms with Gasteiger partial charge in [-0.1, -0.05) is 24.6 Å². The number of carbonyl (C=O) groups excluding carboxylic acids is 1. The van der Waals surface area contributed by atoms with E-state index in [1.165, 1.54) is 13.4 Å². The van der Waals surface area contributed by atoms with Crippen molar-refractivity contribution in [2.75, 3.05) is 13.7 Å². The Morgan fingerprint density at radius 2 is 2.09 bits per heavy atom. The maximum Gasteiger partial charge on any atom is 0.356 e. The number of carbonyl (C=O) groups is 1. The average Bonchev–Trinajstić information content (AvgIpc) is 3.40. The van der Waals surface area contributed by atoms with Crippen molar-refractivity contribution < 1.29 is 19.0 Å². The second-order valence-electron chi connectivity index (χ2n) is 7.82. The Morgan fingerprint density at radius 3 is 2.94 bits per heavy atom. The Bertz CT molecular complexity index is 1310. The largest absolute Gasteiger partial charge is 0.491 e. The number of pyridine rings is 1. The van der Waals surface area contributed by atoms with E-state index in [-0.39, 0.29) is 18.0 Å². The first-order valence-electron chi connectivity index (χ1n) is 10.3. The van der Waals surface area contributed by atoms with E-state index in [9.17, 15) is 4.79 Å². The van der Waals surface area contributed by atoms with Gasteiger partial charge in [-0.2, -0.15) is 0 Å². The molecule has 0 N–H and O–H groups in total. The molecule has 32 heavy (non-hydrogen) atoms. The first kappa shape index (κ1) is 20.7. The molecule has 3 unspecified atom stereocenters.